The number of carbonyl (C=O) groups excluding carboxylic acids is 2. The van der Waals surface area contributed by atoms with Crippen LogP contribution in [-0.2, 0) is 16.1 Å². The number of hydrogen-bond donors (Lipinski definition) is 1. The van der Waals surface area contributed by atoms with Crippen molar-refractivity contribution in [2.75, 3.05) is 12.3 Å². The van der Waals surface area contributed by atoms with E-state index in [-0.39, 0.29) is 41.5 Å². The summed E-state index contributed by atoms with van der Waals surface area (Å²) >= 11 is 5.79. The van der Waals surface area contributed by atoms with E-state index in [1.54, 1.807) is 38.1 Å². The van der Waals surface area contributed by atoms with Crippen molar-refractivity contribution < 1.29 is 23.5 Å². The summed E-state index contributed by atoms with van der Waals surface area (Å²) in [4.78, 5) is 32.4. The average molecular weight is 390 g/mol. The van der Waals surface area contributed by atoms with E-state index in [0.29, 0.717) is 16.3 Å². The van der Waals surface area contributed by atoms with E-state index in [4.69, 9.17) is 31.2 Å². The fraction of sp³-hybridized carbons (Fsp3) is 0.222. The van der Waals surface area contributed by atoms with Crippen LogP contribution in [0, 0.1) is 6.92 Å². The molecule has 2 aromatic heterocycles. The number of fused-ring (bicyclic) bond motifs is 1. The molecule has 8 nitrogen and oxygen atoms in total. The number of benzene rings is 1. The number of nitrogens with two attached hydrogens (primary N) is 1. The highest BCUT2D eigenvalue weighted by atomic mass is 35.5. The zero-order valence-corrected chi connectivity index (χ0v) is 15.4. The van der Waals surface area contributed by atoms with Gasteiger partial charge in [0.05, 0.1) is 17.6 Å². The summed E-state index contributed by atoms with van der Waals surface area (Å²) in [6.07, 6.45) is 0. The Balaban J connectivity index is 1.83. The van der Waals surface area contributed by atoms with Gasteiger partial charge in [0.15, 0.2) is 12.4 Å². The average Bonchev–Trinajstić information content (AvgIpc) is 2.97. The van der Waals surface area contributed by atoms with Gasteiger partial charge in [-0.1, -0.05) is 11.6 Å². The third kappa shape index (κ3) is 3.85. The van der Waals surface area contributed by atoms with Crippen LogP contribution in [0.3, 0.4) is 0 Å². The predicted octanol–water partition coefficient (Wildman–Crippen LogP) is 3.30. The number of esters is 2. The van der Waals surface area contributed by atoms with Crippen LogP contribution in [0.2, 0.25) is 5.02 Å². The molecule has 0 saturated carbocycles. The molecule has 0 unspecified atom stereocenters. The summed E-state index contributed by atoms with van der Waals surface area (Å²) in [6, 6.07) is 6.26. The number of anilines is 1. The number of hydrogen-bond acceptors (Lipinski definition) is 8. The highest BCUT2D eigenvalue weighted by molar-refractivity contribution is 6.30. The third-order valence-corrected chi connectivity index (χ3v) is 3.95. The summed E-state index contributed by atoms with van der Waals surface area (Å²) < 4.78 is 15.7. The second-order valence-electron chi connectivity index (χ2n) is 5.54. The van der Waals surface area contributed by atoms with E-state index in [2.05, 4.69) is 9.97 Å². The van der Waals surface area contributed by atoms with Crippen LogP contribution in [0.15, 0.2) is 28.7 Å². The first-order chi connectivity index (χ1) is 12.9. The molecular weight excluding hydrogens is 374 g/mol. The van der Waals surface area contributed by atoms with Crippen LogP contribution < -0.4 is 5.73 Å². The van der Waals surface area contributed by atoms with Gasteiger partial charge in [-0.25, -0.2) is 14.6 Å². The quantitative estimate of drug-likeness (QED) is 0.660. The maximum absolute atomic E-state index is 12.1. The van der Waals surface area contributed by atoms with Crippen molar-refractivity contribution in [3.8, 4) is 0 Å². The van der Waals surface area contributed by atoms with Crippen LogP contribution in [-0.4, -0.2) is 28.5 Å². The molecule has 1 aromatic carbocycles. The van der Waals surface area contributed by atoms with Gasteiger partial charge in [0.25, 0.3) is 0 Å². The van der Waals surface area contributed by atoms with E-state index in [1.165, 1.54) is 0 Å². The standard InChI is InChI=1S/C18H16ClN3O5/c1-3-25-18(24)13-9(2)27-16-14(13)15(20)21-12(22-16)8-26-17(23)10-4-6-11(19)7-5-10/h4-7H,3,8H2,1-2H3,(H2,20,21,22). The topological polar surface area (TPSA) is 118 Å². The lowest BCUT2D eigenvalue weighted by Crippen LogP contribution is -2.10. The number of nitrogens with zero attached hydrogens (tertiary/aromatic N) is 2. The molecule has 0 aliphatic heterocycles. The Morgan fingerprint density at radius 2 is 1.85 bits per heavy atom. The first-order valence-corrected chi connectivity index (χ1v) is 8.43. The lowest BCUT2D eigenvalue weighted by Gasteiger charge is -2.06. The molecule has 0 aliphatic rings. The van der Waals surface area contributed by atoms with Crippen molar-refractivity contribution in [3.05, 3.63) is 52.0 Å². The Morgan fingerprint density at radius 1 is 1.15 bits per heavy atom. The van der Waals surface area contributed by atoms with Gasteiger partial charge in [0.1, 0.15) is 17.1 Å². The second kappa shape index (κ2) is 7.63. The monoisotopic (exact) mass is 389 g/mol. The zero-order chi connectivity index (χ0) is 19.6. The van der Waals surface area contributed by atoms with Crippen LogP contribution in [0.5, 0.6) is 0 Å². The van der Waals surface area contributed by atoms with Gasteiger partial charge in [-0.3, -0.25) is 0 Å². The lowest BCUT2D eigenvalue weighted by atomic mass is 10.2. The van der Waals surface area contributed by atoms with Crippen molar-refractivity contribution in [1.82, 2.24) is 9.97 Å². The van der Waals surface area contributed by atoms with Crippen molar-refractivity contribution in [3.63, 3.8) is 0 Å². The lowest BCUT2D eigenvalue weighted by molar-refractivity contribution is 0.0461. The molecule has 140 valence electrons. The SMILES string of the molecule is CCOC(=O)c1c(C)oc2nc(COC(=O)c3ccc(Cl)cc3)nc(N)c12. The maximum atomic E-state index is 12.1. The number of halogens is 1. The van der Waals surface area contributed by atoms with Crippen LogP contribution in [0.1, 0.15) is 39.2 Å². The van der Waals surface area contributed by atoms with E-state index in [0.717, 1.165) is 0 Å². The molecule has 0 aliphatic carbocycles. The molecule has 0 saturated heterocycles. The Labute approximate surface area is 159 Å². The molecule has 0 radical (unpaired) electrons. The van der Waals surface area contributed by atoms with Crippen LogP contribution in [0.4, 0.5) is 5.82 Å². The van der Waals surface area contributed by atoms with Gasteiger partial charge in [-0.2, -0.15) is 4.98 Å². The molecule has 27 heavy (non-hydrogen) atoms. The number of carbonyl (C=O) groups is 2. The molecule has 2 heterocycles. The summed E-state index contributed by atoms with van der Waals surface area (Å²) in [5.74, 6) is -0.619. The molecule has 0 atom stereocenters. The largest absolute Gasteiger partial charge is 0.462 e. The van der Waals surface area contributed by atoms with Crippen molar-refractivity contribution in [2.24, 2.45) is 0 Å². The smallest absolute Gasteiger partial charge is 0.342 e. The molecule has 2 N–H and O–H groups in total. The van der Waals surface area contributed by atoms with Crippen LogP contribution in [0.25, 0.3) is 11.1 Å². The van der Waals surface area contributed by atoms with E-state index < -0.39 is 11.9 Å². The Hall–Kier alpha value is -3.13. The number of furan rings is 1. The van der Waals surface area contributed by atoms with E-state index in [9.17, 15) is 9.59 Å². The molecule has 3 aromatic rings. The van der Waals surface area contributed by atoms with Crippen molar-refractivity contribution >= 4 is 40.5 Å². The molecule has 0 spiro atoms. The second-order valence-corrected chi connectivity index (χ2v) is 5.98. The summed E-state index contributed by atoms with van der Waals surface area (Å²) in [5, 5.41) is 0.789. The highest BCUT2D eigenvalue weighted by Gasteiger charge is 2.24. The third-order valence-electron chi connectivity index (χ3n) is 3.69. The highest BCUT2D eigenvalue weighted by Crippen LogP contribution is 2.29. The first kappa shape index (κ1) is 18.7. The molecular formula is C18H16ClN3O5. The number of nitrogen functional groups attached to an aromatic ring is 1. The molecule has 0 bridgehead atoms. The van der Waals surface area contributed by atoms with E-state index in [1.807, 2.05) is 0 Å². The van der Waals surface area contributed by atoms with Gasteiger partial charge in [-0.15, -0.1) is 0 Å². The van der Waals surface area contributed by atoms with Crippen molar-refractivity contribution in [1.29, 1.82) is 0 Å². The molecule has 0 amide bonds. The molecule has 0 fully saturated rings. The minimum atomic E-state index is -0.564. The Morgan fingerprint density at radius 3 is 2.52 bits per heavy atom. The first-order valence-electron chi connectivity index (χ1n) is 8.06. The van der Waals surface area contributed by atoms with Gasteiger partial charge < -0.3 is 19.6 Å². The van der Waals surface area contributed by atoms with Crippen LogP contribution >= 0.6 is 11.6 Å². The Kier molecular flexibility index (Phi) is 5.27. The Bertz CT molecular complexity index is 1010. The van der Waals surface area contributed by atoms with Crippen molar-refractivity contribution in [2.45, 2.75) is 20.5 Å². The molecule has 9 heteroatoms. The summed E-state index contributed by atoms with van der Waals surface area (Å²) in [6.45, 7) is 3.30. The zero-order valence-electron chi connectivity index (χ0n) is 14.6. The summed E-state index contributed by atoms with van der Waals surface area (Å²) in [7, 11) is 0. The molecule has 3 rings (SSSR count). The predicted molar refractivity (Wildman–Crippen MR) is 97.5 cm³/mol. The van der Waals surface area contributed by atoms with Gasteiger partial charge in [0.2, 0.25) is 5.71 Å². The number of aromatic nitrogens is 2. The minimum Gasteiger partial charge on any atom is -0.462 e. The van der Waals surface area contributed by atoms with E-state index >= 15 is 0 Å². The minimum absolute atomic E-state index is 0.0393. The number of aryl methyl sites for hydroxylation is 1. The number of rotatable bonds is 5. The van der Waals surface area contributed by atoms with Gasteiger partial charge in [-0.05, 0) is 38.1 Å². The summed E-state index contributed by atoms with van der Waals surface area (Å²) in [5.41, 5.74) is 6.62. The number of ether oxygens (including phenoxy) is 2. The normalized spacial score (nSPS) is 10.8. The van der Waals surface area contributed by atoms with Gasteiger partial charge in [0, 0.05) is 5.02 Å². The fourth-order valence-electron chi connectivity index (χ4n) is 2.50. The fourth-order valence-corrected chi connectivity index (χ4v) is 2.62. The maximum Gasteiger partial charge on any atom is 0.342 e. The van der Waals surface area contributed by atoms with Gasteiger partial charge >= 0.3 is 11.9 Å².